The highest BCUT2D eigenvalue weighted by Crippen LogP contribution is 2.46. The quantitative estimate of drug-likeness (QED) is 0.869. The SMILES string of the molecule is O=C(O)c1cnn2c1NC(C1CC1)CC2C(F)(F)F. The summed E-state index contributed by atoms with van der Waals surface area (Å²) in [6, 6.07) is -2.07. The first kappa shape index (κ1) is 12.3. The molecule has 0 aromatic carbocycles. The van der Waals surface area contributed by atoms with Crippen LogP contribution >= 0.6 is 0 Å². The third-order valence-corrected chi connectivity index (χ3v) is 3.69. The van der Waals surface area contributed by atoms with E-state index < -0.39 is 18.2 Å². The van der Waals surface area contributed by atoms with Gasteiger partial charge in [-0.05, 0) is 25.2 Å². The molecule has 1 aliphatic heterocycles. The van der Waals surface area contributed by atoms with E-state index >= 15 is 0 Å². The number of hydrogen-bond acceptors (Lipinski definition) is 3. The Balaban J connectivity index is 2.02. The van der Waals surface area contributed by atoms with E-state index in [4.69, 9.17) is 5.11 Å². The largest absolute Gasteiger partial charge is 0.477 e. The van der Waals surface area contributed by atoms with Crippen molar-refractivity contribution in [1.29, 1.82) is 0 Å². The minimum absolute atomic E-state index is 0.0297. The van der Waals surface area contributed by atoms with Gasteiger partial charge in [-0.3, -0.25) is 0 Å². The minimum Gasteiger partial charge on any atom is -0.477 e. The number of halogens is 3. The van der Waals surface area contributed by atoms with Gasteiger partial charge in [-0.2, -0.15) is 18.3 Å². The van der Waals surface area contributed by atoms with Crippen LogP contribution in [0.4, 0.5) is 19.0 Å². The maximum absolute atomic E-state index is 13.1. The van der Waals surface area contributed by atoms with E-state index in [1.807, 2.05) is 0 Å². The smallest absolute Gasteiger partial charge is 0.410 e. The molecule has 3 rings (SSSR count). The van der Waals surface area contributed by atoms with Gasteiger partial charge >= 0.3 is 12.1 Å². The fraction of sp³-hybridized carbons (Fsp3) is 0.636. The molecule has 0 bridgehead atoms. The minimum atomic E-state index is -4.42. The molecule has 2 atom stereocenters. The zero-order chi connectivity index (χ0) is 13.8. The molecule has 0 saturated heterocycles. The molecule has 2 aliphatic rings. The lowest BCUT2D eigenvalue weighted by atomic mass is 9.99. The Hall–Kier alpha value is -1.73. The molecule has 2 N–H and O–H groups in total. The normalized spacial score (nSPS) is 26.7. The third kappa shape index (κ3) is 2.04. The Morgan fingerprint density at radius 2 is 2.16 bits per heavy atom. The number of carbonyl (C=O) groups is 1. The van der Waals surface area contributed by atoms with Crippen molar-refractivity contribution in [3.05, 3.63) is 11.8 Å². The monoisotopic (exact) mass is 275 g/mol. The molecule has 1 saturated carbocycles. The van der Waals surface area contributed by atoms with Crippen molar-refractivity contribution < 1.29 is 23.1 Å². The molecular weight excluding hydrogens is 263 g/mol. The van der Waals surface area contributed by atoms with Gasteiger partial charge in [0.05, 0.1) is 6.20 Å². The fourth-order valence-electron chi connectivity index (χ4n) is 2.56. The number of alkyl halides is 3. The van der Waals surface area contributed by atoms with Crippen LogP contribution in [0.25, 0.3) is 0 Å². The maximum atomic E-state index is 13.1. The molecule has 1 aromatic rings. The first-order valence-corrected chi connectivity index (χ1v) is 6.02. The highest BCUT2D eigenvalue weighted by molar-refractivity contribution is 5.93. The predicted molar refractivity (Wildman–Crippen MR) is 59.0 cm³/mol. The number of nitrogens with one attached hydrogen (secondary N) is 1. The van der Waals surface area contributed by atoms with Gasteiger partial charge in [-0.1, -0.05) is 0 Å². The Labute approximate surface area is 106 Å². The second-order valence-electron chi connectivity index (χ2n) is 5.04. The summed E-state index contributed by atoms with van der Waals surface area (Å²) in [4.78, 5) is 11.0. The van der Waals surface area contributed by atoms with Gasteiger partial charge in [0.25, 0.3) is 0 Å². The van der Waals surface area contributed by atoms with Crippen molar-refractivity contribution in [2.45, 2.75) is 37.5 Å². The van der Waals surface area contributed by atoms with Gasteiger partial charge in [-0.15, -0.1) is 0 Å². The van der Waals surface area contributed by atoms with Crippen LogP contribution in [0.5, 0.6) is 0 Å². The second kappa shape index (κ2) is 3.88. The van der Waals surface area contributed by atoms with Crippen LogP contribution in [0.1, 0.15) is 35.7 Å². The van der Waals surface area contributed by atoms with Crippen molar-refractivity contribution in [3.63, 3.8) is 0 Å². The summed E-state index contributed by atoms with van der Waals surface area (Å²) in [6.07, 6.45) is -1.77. The third-order valence-electron chi connectivity index (χ3n) is 3.69. The van der Waals surface area contributed by atoms with Crippen LogP contribution in [-0.4, -0.2) is 33.1 Å². The van der Waals surface area contributed by atoms with Crippen molar-refractivity contribution in [3.8, 4) is 0 Å². The summed E-state index contributed by atoms with van der Waals surface area (Å²) >= 11 is 0. The van der Waals surface area contributed by atoms with Gasteiger partial charge < -0.3 is 10.4 Å². The molecule has 2 heterocycles. The first-order chi connectivity index (χ1) is 8.88. The Morgan fingerprint density at radius 3 is 2.68 bits per heavy atom. The van der Waals surface area contributed by atoms with Crippen molar-refractivity contribution in [2.75, 3.05) is 5.32 Å². The van der Waals surface area contributed by atoms with Crippen LogP contribution < -0.4 is 5.32 Å². The van der Waals surface area contributed by atoms with E-state index in [-0.39, 0.29) is 29.8 Å². The zero-order valence-electron chi connectivity index (χ0n) is 9.81. The molecule has 1 aromatic heterocycles. The van der Waals surface area contributed by atoms with Gasteiger partial charge in [0.15, 0.2) is 6.04 Å². The number of hydrogen-bond donors (Lipinski definition) is 2. The first-order valence-electron chi connectivity index (χ1n) is 6.02. The highest BCUT2D eigenvalue weighted by atomic mass is 19.4. The number of rotatable bonds is 2. The van der Waals surface area contributed by atoms with Crippen LogP contribution in [0.2, 0.25) is 0 Å². The number of carboxylic acid groups (broad SMARTS) is 1. The lowest BCUT2D eigenvalue weighted by Crippen LogP contribution is -2.40. The molecule has 1 aliphatic carbocycles. The Kier molecular flexibility index (Phi) is 2.51. The van der Waals surface area contributed by atoms with E-state index in [1.54, 1.807) is 0 Å². The number of nitrogens with zero attached hydrogens (tertiary/aromatic N) is 2. The van der Waals surface area contributed by atoms with Gasteiger partial charge in [0, 0.05) is 6.04 Å². The Bertz CT molecular complexity index is 522. The van der Waals surface area contributed by atoms with Crippen molar-refractivity contribution in [2.24, 2.45) is 5.92 Å². The summed E-state index contributed by atoms with van der Waals surface area (Å²) in [5, 5.41) is 15.5. The van der Waals surface area contributed by atoms with Crippen LogP contribution in [0.15, 0.2) is 6.20 Å². The average Bonchev–Trinajstić information content (AvgIpc) is 3.06. The number of carboxylic acids is 1. The molecule has 104 valence electrons. The lowest BCUT2D eigenvalue weighted by molar-refractivity contribution is -0.174. The molecule has 0 radical (unpaired) electrons. The number of anilines is 1. The van der Waals surface area contributed by atoms with Crippen LogP contribution in [0, 0.1) is 5.92 Å². The van der Waals surface area contributed by atoms with Gasteiger partial charge in [0.1, 0.15) is 11.4 Å². The highest BCUT2D eigenvalue weighted by Gasteiger charge is 2.49. The molecule has 5 nitrogen and oxygen atoms in total. The molecular formula is C11H12F3N3O2. The summed E-state index contributed by atoms with van der Waals surface area (Å²) in [7, 11) is 0. The summed E-state index contributed by atoms with van der Waals surface area (Å²) < 4.78 is 39.9. The van der Waals surface area contributed by atoms with Crippen molar-refractivity contribution >= 4 is 11.8 Å². The number of aromatic nitrogens is 2. The van der Waals surface area contributed by atoms with E-state index in [0.717, 1.165) is 23.7 Å². The summed E-state index contributed by atoms with van der Waals surface area (Å²) in [5.74, 6) is -1.10. The van der Waals surface area contributed by atoms with Crippen LogP contribution in [-0.2, 0) is 0 Å². The van der Waals surface area contributed by atoms with Crippen LogP contribution in [0.3, 0.4) is 0 Å². The van der Waals surface area contributed by atoms with Crippen molar-refractivity contribution in [1.82, 2.24) is 9.78 Å². The lowest BCUT2D eigenvalue weighted by Gasteiger charge is -2.33. The van der Waals surface area contributed by atoms with Gasteiger partial charge in [0.2, 0.25) is 0 Å². The molecule has 8 heteroatoms. The standard InChI is InChI=1S/C11H12F3N3O2/c12-11(13,14)8-3-7(5-1-2-5)16-9-6(10(18)19)4-15-17(8)9/h4-5,7-8,16H,1-3H2,(H,18,19). The topological polar surface area (TPSA) is 67.1 Å². The Morgan fingerprint density at radius 1 is 1.47 bits per heavy atom. The molecule has 19 heavy (non-hydrogen) atoms. The maximum Gasteiger partial charge on any atom is 0.410 e. The molecule has 0 amide bonds. The fourth-order valence-corrected chi connectivity index (χ4v) is 2.56. The van der Waals surface area contributed by atoms with Gasteiger partial charge in [-0.25, -0.2) is 9.48 Å². The zero-order valence-corrected chi connectivity index (χ0v) is 9.81. The second-order valence-corrected chi connectivity index (χ2v) is 5.04. The van der Waals surface area contributed by atoms with E-state index in [0.29, 0.717) is 0 Å². The average molecular weight is 275 g/mol. The number of aromatic carboxylic acids is 1. The summed E-state index contributed by atoms with van der Waals surface area (Å²) in [6.45, 7) is 0. The molecule has 1 fully saturated rings. The van der Waals surface area contributed by atoms with E-state index in [9.17, 15) is 18.0 Å². The molecule has 2 unspecified atom stereocenters. The van der Waals surface area contributed by atoms with E-state index in [2.05, 4.69) is 10.4 Å². The summed E-state index contributed by atoms with van der Waals surface area (Å²) in [5.41, 5.74) is -0.209. The molecule has 0 spiro atoms. The van der Waals surface area contributed by atoms with E-state index in [1.165, 1.54) is 0 Å². The number of fused-ring (bicyclic) bond motifs is 1. The predicted octanol–water partition coefficient (Wildman–Crippen LogP) is 2.28.